The van der Waals surface area contributed by atoms with E-state index < -0.39 is 14.3 Å². The third-order valence-corrected chi connectivity index (χ3v) is 8.50. The van der Waals surface area contributed by atoms with Gasteiger partial charge in [-0.25, -0.2) is 0 Å². The molecule has 0 aromatic heterocycles. The highest BCUT2D eigenvalue weighted by atomic mass is 28.4. The van der Waals surface area contributed by atoms with Crippen LogP contribution in [0.2, 0.25) is 18.1 Å². The zero-order chi connectivity index (χ0) is 18.4. The van der Waals surface area contributed by atoms with E-state index >= 15 is 0 Å². The van der Waals surface area contributed by atoms with Crippen molar-refractivity contribution in [2.24, 2.45) is 0 Å². The second kappa shape index (κ2) is 8.28. The maximum Gasteiger partial charge on any atom is 0.313 e. The van der Waals surface area contributed by atoms with Gasteiger partial charge in [-0.2, -0.15) is 0 Å². The summed E-state index contributed by atoms with van der Waals surface area (Å²) in [5.41, 5.74) is 0.884. The van der Waals surface area contributed by atoms with Crippen molar-refractivity contribution in [1.29, 1.82) is 0 Å². The van der Waals surface area contributed by atoms with Crippen molar-refractivity contribution >= 4 is 26.1 Å². The molecule has 0 bridgehead atoms. The first kappa shape index (κ1) is 20.2. The van der Waals surface area contributed by atoms with Crippen LogP contribution in [0.25, 0.3) is 6.08 Å². The number of carbonyl (C=O) groups excluding carboxylic acids is 2. The summed E-state index contributed by atoms with van der Waals surface area (Å²) in [6.45, 7) is 13.0. The van der Waals surface area contributed by atoms with Crippen LogP contribution in [0.5, 0.6) is 5.75 Å². The van der Waals surface area contributed by atoms with E-state index in [0.717, 1.165) is 11.3 Å². The van der Waals surface area contributed by atoms with Crippen LogP contribution in [0.1, 0.15) is 39.7 Å². The lowest BCUT2D eigenvalue weighted by Crippen LogP contribution is -2.43. The highest BCUT2D eigenvalue weighted by Crippen LogP contribution is 2.37. The van der Waals surface area contributed by atoms with Gasteiger partial charge in [0.05, 0.1) is 6.61 Å². The fourth-order valence-electron chi connectivity index (χ4n) is 1.70. The Labute approximate surface area is 146 Å². The maximum atomic E-state index is 11.7. The first-order chi connectivity index (χ1) is 11.0. The van der Waals surface area contributed by atoms with Crippen LogP contribution < -0.4 is 4.43 Å². The summed E-state index contributed by atoms with van der Waals surface area (Å²) in [6, 6.07) is 7.62. The number of hydrogen-bond acceptors (Lipinski definition) is 4. The molecule has 5 heteroatoms. The molecule has 0 saturated heterocycles. The van der Waals surface area contributed by atoms with E-state index in [1.165, 1.54) is 6.08 Å². The van der Waals surface area contributed by atoms with Crippen LogP contribution in [0.4, 0.5) is 0 Å². The molecule has 0 unspecified atom stereocenters. The number of allylic oxidation sites excluding steroid dienone is 1. The highest BCUT2D eigenvalue weighted by Gasteiger charge is 2.38. The van der Waals surface area contributed by atoms with Crippen molar-refractivity contribution < 1.29 is 18.8 Å². The van der Waals surface area contributed by atoms with Gasteiger partial charge in [0.1, 0.15) is 12.2 Å². The molecule has 0 amide bonds. The third-order valence-electron chi connectivity index (χ3n) is 4.14. The molecular weight excluding hydrogens is 320 g/mol. The van der Waals surface area contributed by atoms with E-state index in [1.807, 2.05) is 24.3 Å². The van der Waals surface area contributed by atoms with Gasteiger partial charge < -0.3 is 9.16 Å². The van der Waals surface area contributed by atoms with Gasteiger partial charge >= 0.3 is 5.97 Å². The summed E-state index contributed by atoms with van der Waals surface area (Å²) in [5.74, 6) is 0.0805. The second-order valence-corrected chi connectivity index (χ2v) is 11.9. The van der Waals surface area contributed by atoms with Crippen molar-refractivity contribution in [3.05, 3.63) is 35.9 Å². The van der Waals surface area contributed by atoms with E-state index in [-0.39, 0.29) is 23.8 Å². The number of benzene rings is 1. The molecule has 0 atom stereocenters. The maximum absolute atomic E-state index is 11.7. The largest absolute Gasteiger partial charge is 0.544 e. The van der Waals surface area contributed by atoms with Crippen molar-refractivity contribution in [2.45, 2.75) is 52.2 Å². The summed E-state index contributed by atoms with van der Waals surface area (Å²) in [7, 11) is -1.85. The number of rotatable bonds is 7. The van der Waals surface area contributed by atoms with E-state index in [0.29, 0.717) is 0 Å². The van der Waals surface area contributed by atoms with E-state index in [9.17, 15) is 9.59 Å². The van der Waals surface area contributed by atoms with Gasteiger partial charge in [0, 0.05) is 0 Å². The van der Waals surface area contributed by atoms with E-state index in [1.54, 1.807) is 13.0 Å². The Hall–Kier alpha value is -1.88. The standard InChI is InChI=1S/C19H28O4Si/c1-7-22-18(21)14-16(20)11-8-15-9-12-17(13-10-15)23-24(5,6)19(2,3)4/h8-13H,7,14H2,1-6H3/b11-8+. The smallest absolute Gasteiger partial charge is 0.313 e. The number of ether oxygens (including phenoxy) is 1. The number of ketones is 1. The van der Waals surface area contributed by atoms with Crippen molar-refractivity contribution in [3.63, 3.8) is 0 Å². The molecule has 4 nitrogen and oxygen atoms in total. The lowest BCUT2D eigenvalue weighted by molar-refractivity contribution is -0.144. The fraction of sp³-hybridized carbons (Fsp3) is 0.474. The average molecular weight is 349 g/mol. The third kappa shape index (κ3) is 6.32. The molecule has 1 rings (SSSR count). The molecule has 0 saturated carbocycles. The monoisotopic (exact) mass is 348 g/mol. The second-order valence-electron chi connectivity index (χ2n) is 7.21. The van der Waals surface area contributed by atoms with E-state index in [2.05, 4.69) is 33.9 Å². The molecule has 0 aliphatic rings. The van der Waals surface area contributed by atoms with Crippen LogP contribution in [0, 0.1) is 0 Å². The molecule has 0 aliphatic carbocycles. The summed E-state index contributed by atoms with van der Waals surface area (Å²) >= 11 is 0. The van der Waals surface area contributed by atoms with Crippen molar-refractivity contribution in [1.82, 2.24) is 0 Å². The van der Waals surface area contributed by atoms with Gasteiger partial charge in [-0.05, 0) is 48.8 Å². The predicted molar refractivity (Wildman–Crippen MR) is 99.6 cm³/mol. The molecule has 0 heterocycles. The lowest BCUT2D eigenvalue weighted by Gasteiger charge is -2.36. The number of hydrogen-bond donors (Lipinski definition) is 0. The fourth-order valence-corrected chi connectivity index (χ4v) is 2.73. The highest BCUT2D eigenvalue weighted by molar-refractivity contribution is 6.74. The Bertz CT molecular complexity index is 595. The predicted octanol–water partition coefficient (Wildman–Crippen LogP) is 4.61. The molecule has 0 N–H and O–H groups in total. The van der Waals surface area contributed by atoms with Crippen LogP contribution >= 0.6 is 0 Å². The topological polar surface area (TPSA) is 52.6 Å². The van der Waals surface area contributed by atoms with Gasteiger partial charge in [0.15, 0.2) is 5.78 Å². The minimum Gasteiger partial charge on any atom is -0.544 e. The Morgan fingerprint density at radius 3 is 2.21 bits per heavy atom. The van der Waals surface area contributed by atoms with Gasteiger partial charge in [0.2, 0.25) is 8.32 Å². The molecule has 24 heavy (non-hydrogen) atoms. The first-order valence-corrected chi connectivity index (χ1v) is 11.1. The Morgan fingerprint density at radius 2 is 1.71 bits per heavy atom. The number of esters is 1. The average Bonchev–Trinajstić information content (AvgIpc) is 2.45. The summed E-state index contributed by atoms with van der Waals surface area (Å²) in [4.78, 5) is 22.9. The van der Waals surface area contributed by atoms with Crippen LogP contribution in [-0.4, -0.2) is 26.7 Å². The molecular formula is C19H28O4Si. The molecule has 0 aliphatic heterocycles. The van der Waals surface area contributed by atoms with Crippen molar-refractivity contribution in [3.8, 4) is 5.75 Å². The lowest BCUT2D eigenvalue weighted by atomic mass is 10.1. The Kier molecular flexibility index (Phi) is 6.96. The molecule has 0 spiro atoms. The van der Waals surface area contributed by atoms with Gasteiger partial charge in [0.25, 0.3) is 0 Å². The van der Waals surface area contributed by atoms with Gasteiger partial charge in [-0.3, -0.25) is 9.59 Å². The summed E-state index contributed by atoms with van der Waals surface area (Å²) < 4.78 is 11.0. The van der Waals surface area contributed by atoms with Gasteiger partial charge in [-0.15, -0.1) is 0 Å². The van der Waals surface area contributed by atoms with Gasteiger partial charge in [-0.1, -0.05) is 39.0 Å². The molecule has 132 valence electrons. The molecule has 1 aromatic carbocycles. The minimum atomic E-state index is -1.85. The quantitative estimate of drug-likeness (QED) is 0.313. The van der Waals surface area contributed by atoms with E-state index in [4.69, 9.17) is 9.16 Å². The van der Waals surface area contributed by atoms with Crippen molar-refractivity contribution in [2.75, 3.05) is 6.61 Å². The first-order valence-electron chi connectivity index (χ1n) is 8.21. The Morgan fingerprint density at radius 1 is 1.12 bits per heavy atom. The summed E-state index contributed by atoms with van der Waals surface area (Å²) in [6.07, 6.45) is 2.87. The molecule has 0 radical (unpaired) electrons. The normalized spacial score (nSPS) is 12.2. The molecule has 1 aromatic rings. The zero-order valence-electron chi connectivity index (χ0n) is 15.5. The minimum absolute atomic E-state index is 0.144. The zero-order valence-corrected chi connectivity index (χ0v) is 16.5. The molecule has 0 fully saturated rings. The Balaban J connectivity index is 2.67. The van der Waals surface area contributed by atoms with Crippen LogP contribution in [0.3, 0.4) is 0 Å². The number of carbonyl (C=O) groups is 2. The SMILES string of the molecule is CCOC(=O)CC(=O)/C=C/c1ccc(O[Si](C)(C)C(C)(C)C)cc1. The summed E-state index contributed by atoms with van der Waals surface area (Å²) in [5, 5.41) is 0.144. The van der Waals surface area contributed by atoms with Crippen LogP contribution in [0.15, 0.2) is 30.3 Å². The van der Waals surface area contributed by atoms with Crippen LogP contribution in [-0.2, 0) is 14.3 Å².